The van der Waals surface area contributed by atoms with Crippen LogP contribution >= 0.6 is 36.2 Å². The van der Waals surface area contributed by atoms with E-state index in [2.05, 4.69) is 24.3 Å². The van der Waals surface area contributed by atoms with E-state index in [0.29, 0.717) is 5.56 Å². The second-order valence-corrected chi connectivity index (χ2v) is 8.25. The van der Waals surface area contributed by atoms with Crippen molar-refractivity contribution in [3.63, 3.8) is 0 Å². The average Bonchev–Trinajstić information content (AvgIpc) is 3.40. The summed E-state index contributed by atoms with van der Waals surface area (Å²) < 4.78 is 1.90. The molecule has 1 aliphatic rings. The first kappa shape index (κ1) is 23.6. The van der Waals surface area contributed by atoms with Crippen molar-refractivity contribution in [1.29, 1.82) is 0 Å². The number of nitrogens with zero attached hydrogens (tertiary/aromatic N) is 4. The highest BCUT2D eigenvalue weighted by Crippen LogP contribution is 2.31. The molecular formula is C20H27Cl2N5OS. The molecule has 29 heavy (non-hydrogen) atoms. The zero-order valence-electron chi connectivity index (χ0n) is 16.8. The number of amides is 1. The molecule has 3 aromatic rings. The van der Waals surface area contributed by atoms with Gasteiger partial charge in [0, 0.05) is 25.2 Å². The number of halogens is 2. The van der Waals surface area contributed by atoms with E-state index < -0.39 is 0 Å². The maximum Gasteiger partial charge on any atom is 0.255 e. The third kappa shape index (κ3) is 4.43. The van der Waals surface area contributed by atoms with Crippen LogP contribution in [0.3, 0.4) is 0 Å². The minimum Gasteiger partial charge on any atom is -0.334 e. The Kier molecular flexibility index (Phi) is 8.05. The van der Waals surface area contributed by atoms with Crippen LogP contribution in [0, 0.1) is 0 Å². The minimum atomic E-state index is 0. The zero-order valence-corrected chi connectivity index (χ0v) is 19.2. The van der Waals surface area contributed by atoms with E-state index in [-0.39, 0.29) is 42.8 Å². The van der Waals surface area contributed by atoms with Crippen molar-refractivity contribution in [3.8, 4) is 10.6 Å². The lowest BCUT2D eigenvalue weighted by Gasteiger charge is -2.25. The van der Waals surface area contributed by atoms with Gasteiger partial charge in [-0.3, -0.25) is 4.79 Å². The predicted octanol–water partition coefficient (Wildman–Crippen LogP) is 4.41. The van der Waals surface area contributed by atoms with E-state index in [4.69, 9.17) is 4.98 Å². The summed E-state index contributed by atoms with van der Waals surface area (Å²) in [6.45, 7) is 5.79. The number of rotatable bonds is 5. The molecule has 4 heterocycles. The molecule has 1 atom stereocenters. The molecule has 1 amide bonds. The number of aromatic nitrogens is 3. The van der Waals surface area contributed by atoms with E-state index in [1.807, 2.05) is 40.2 Å². The fraction of sp³-hybridized carbons (Fsp3) is 0.450. The molecule has 6 nitrogen and oxygen atoms in total. The zero-order chi connectivity index (χ0) is 19.0. The molecular weight excluding hydrogens is 429 g/mol. The molecule has 158 valence electrons. The second kappa shape index (κ2) is 9.89. The standard InChI is InChI=1S/C20H25N5OS.2ClH/c1-13(2)25-19-16(12-22-25)15(10-17(23-19)18-7-5-9-27-18)20(26)24-8-4-6-14(24)11-21-3;;/h5,7,9-10,12-14,21H,4,6,8,11H2,1-3H3;2*1H. The van der Waals surface area contributed by atoms with Crippen molar-refractivity contribution >= 4 is 53.1 Å². The Labute approximate surface area is 187 Å². The average molecular weight is 456 g/mol. The first-order chi connectivity index (χ1) is 13.1. The van der Waals surface area contributed by atoms with Crippen LogP contribution in [0.4, 0.5) is 0 Å². The summed E-state index contributed by atoms with van der Waals surface area (Å²) in [4.78, 5) is 21.4. The normalized spacial score (nSPS) is 16.1. The van der Waals surface area contributed by atoms with Crippen LogP contribution in [0.25, 0.3) is 21.6 Å². The number of pyridine rings is 1. The Morgan fingerprint density at radius 1 is 1.38 bits per heavy atom. The van der Waals surface area contributed by atoms with Crippen molar-refractivity contribution in [2.75, 3.05) is 20.1 Å². The van der Waals surface area contributed by atoms with Gasteiger partial charge < -0.3 is 10.2 Å². The predicted molar refractivity (Wildman–Crippen MR) is 124 cm³/mol. The summed E-state index contributed by atoms with van der Waals surface area (Å²) in [5.74, 6) is 0.0845. The largest absolute Gasteiger partial charge is 0.334 e. The maximum absolute atomic E-state index is 13.5. The van der Waals surface area contributed by atoms with E-state index >= 15 is 0 Å². The lowest BCUT2D eigenvalue weighted by Crippen LogP contribution is -2.40. The van der Waals surface area contributed by atoms with Crippen LogP contribution in [0.1, 0.15) is 43.1 Å². The minimum absolute atomic E-state index is 0. The van der Waals surface area contributed by atoms with Gasteiger partial charge in [0.2, 0.25) is 0 Å². The Morgan fingerprint density at radius 3 is 2.83 bits per heavy atom. The molecule has 1 saturated heterocycles. The van der Waals surface area contributed by atoms with Gasteiger partial charge in [0.25, 0.3) is 5.91 Å². The Hall–Kier alpha value is -1.67. The highest BCUT2D eigenvalue weighted by Gasteiger charge is 2.31. The van der Waals surface area contributed by atoms with Crippen LogP contribution in [-0.2, 0) is 0 Å². The van der Waals surface area contributed by atoms with Crippen molar-refractivity contribution < 1.29 is 4.79 Å². The Balaban J connectivity index is 0.00000150. The third-order valence-corrected chi connectivity index (χ3v) is 6.03. The number of thiophene rings is 1. The number of hydrogen-bond acceptors (Lipinski definition) is 5. The molecule has 0 aliphatic carbocycles. The number of carbonyl (C=O) groups is 1. The van der Waals surface area contributed by atoms with E-state index in [0.717, 1.165) is 47.5 Å². The fourth-order valence-corrected chi connectivity index (χ4v) is 4.52. The van der Waals surface area contributed by atoms with Crippen LogP contribution in [0.2, 0.25) is 0 Å². The highest BCUT2D eigenvalue weighted by atomic mass is 35.5. The summed E-state index contributed by atoms with van der Waals surface area (Å²) in [7, 11) is 1.94. The smallest absolute Gasteiger partial charge is 0.255 e. The first-order valence-corrected chi connectivity index (χ1v) is 10.4. The molecule has 1 aliphatic heterocycles. The fourth-order valence-electron chi connectivity index (χ4n) is 3.83. The summed E-state index contributed by atoms with van der Waals surface area (Å²) in [6, 6.07) is 6.42. The highest BCUT2D eigenvalue weighted by molar-refractivity contribution is 7.13. The van der Waals surface area contributed by atoms with Gasteiger partial charge in [-0.2, -0.15) is 5.10 Å². The van der Waals surface area contributed by atoms with Gasteiger partial charge in [0.05, 0.1) is 27.7 Å². The maximum atomic E-state index is 13.5. The van der Waals surface area contributed by atoms with Crippen molar-refractivity contribution in [2.45, 2.75) is 38.8 Å². The third-order valence-electron chi connectivity index (χ3n) is 5.14. The summed E-state index contributed by atoms with van der Waals surface area (Å²) in [5.41, 5.74) is 2.33. The van der Waals surface area contributed by atoms with Crippen molar-refractivity contribution in [2.24, 2.45) is 0 Å². The van der Waals surface area contributed by atoms with Gasteiger partial charge in [-0.1, -0.05) is 6.07 Å². The lowest BCUT2D eigenvalue weighted by molar-refractivity contribution is 0.0739. The number of hydrogen-bond donors (Lipinski definition) is 1. The second-order valence-electron chi connectivity index (χ2n) is 7.30. The number of likely N-dealkylation sites (N-methyl/N-ethyl adjacent to an activating group) is 1. The number of fused-ring (bicyclic) bond motifs is 1. The molecule has 3 aromatic heterocycles. The summed E-state index contributed by atoms with van der Waals surface area (Å²) in [6.07, 6.45) is 3.89. The number of nitrogens with one attached hydrogen (secondary N) is 1. The van der Waals surface area contributed by atoms with Gasteiger partial charge in [-0.25, -0.2) is 9.67 Å². The van der Waals surface area contributed by atoms with Crippen LogP contribution < -0.4 is 5.32 Å². The summed E-state index contributed by atoms with van der Waals surface area (Å²) in [5, 5.41) is 10.6. The van der Waals surface area contributed by atoms with Crippen LogP contribution in [0.5, 0.6) is 0 Å². The molecule has 0 spiro atoms. The van der Waals surface area contributed by atoms with Gasteiger partial charge in [-0.15, -0.1) is 36.2 Å². The molecule has 0 bridgehead atoms. The van der Waals surface area contributed by atoms with E-state index in [9.17, 15) is 4.79 Å². The lowest BCUT2D eigenvalue weighted by atomic mass is 10.1. The van der Waals surface area contributed by atoms with Gasteiger partial charge in [-0.05, 0) is 51.2 Å². The van der Waals surface area contributed by atoms with Crippen LogP contribution in [0.15, 0.2) is 29.8 Å². The quantitative estimate of drug-likeness (QED) is 0.618. The number of carbonyl (C=O) groups excluding carboxylic acids is 1. The molecule has 1 N–H and O–H groups in total. The van der Waals surface area contributed by atoms with Gasteiger partial charge in [0.1, 0.15) is 0 Å². The van der Waals surface area contributed by atoms with Crippen LogP contribution in [-0.4, -0.2) is 51.8 Å². The van der Waals surface area contributed by atoms with E-state index in [1.54, 1.807) is 17.5 Å². The molecule has 4 rings (SSSR count). The monoisotopic (exact) mass is 455 g/mol. The molecule has 0 saturated carbocycles. The molecule has 1 fully saturated rings. The number of likely N-dealkylation sites (tertiary alicyclic amines) is 1. The Bertz CT molecular complexity index is 957. The molecule has 0 radical (unpaired) electrons. The first-order valence-electron chi connectivity index (χ1n) is 9.48. The molecule has 0 aromatic carbocycles. The summed E-state index contributed by atoms with van der Waals surface area (Å²) >= 11 is 1.64. The van der Waals surface area contributed by atoms with Crippen molar-refractivity contribution in [1.82, 2.24) is 25.0 Å². The topological polar surface area (TPSA) is 63.1 Å². The molecule has 1 unspecified atom stereocenters. The molecule has 9 heteroatoms. The van der Waals surface area contributed by atoms with E-state index in [1.165, 1.54) is 0 Å². The Morgan fingerprint density at radius 2 is 2.17 bits per heavy atom. The van der Waals surface area contributed by atoms with Gasteiger partial charge >= 0.3 is 0 Å². The SMILES string of the molecule is CNCC1CCCN1C(=O)c1cc(-c2cccs2)nc2c1cnn2C(C)C.Cl.Cl. The van der Waals surface area contributed by atoms with Gasteiger partial charge in [0.15, 0.2) is 5.65 Å². The van der Waals surface area contributed by atoms with Crippen molar-refractivity contribution in [3.05, 3.63) is 35.3 Å².